The number of aromatic amines is 1. The Labute approximate surface area is 89.5 Å². The van der Waals surface area contributed by atoms with Crippen molar-refractivity contribution in [2.45, 2.75) is 26.9 Å². The SMILES string of the molecule is COC(c1nccc(=S)[nH]1)C(C)(C)C. The first-order valence-electron chi connectivity index (χ1n) is 4.53. The maximum atomic E-state index is 5.42. The Balaban J connectivity index is 3.07. The summed E-state index contributed by atoms with van der Waals surface area (Å²) in [6.45, 7) is 6.31. The molecule has 1 heterocycles. The molecule has 0 aromatic carbocycles. The molecule has 1 N–H and O–H groups in total. The molecule has 1 aromatic heterocycles. The second-order valence-corrected chi connectivity index (χ2v) is 4.74. The van der Waals surface area contributed by atoms with Crippen molar-refractivity contribution in [3.63, 3.8) is 0 Å². The van der Waals surface area contributed by atoms with Gasteiger partial charge in [-0.25, -0.2) is 4.98 Å². The van der Waals surface area contributed by atoms with Gasteiger partial charge in [0.15, 0.2) is 0 Å². The van der Waals surface area contributed by atoms with Crippen LogP contribution in [0.3, 0.4) is 0 Å². The lowest BCUT2D eigenvalue weighted by atomic mass is 9.88. The Hall–Kier alpha value is -0.740. The second kappa shape index (κ2) is 4.19. The van der Waals surface area contributed by atoms with Gasteiger partial charge in [-0.2, -0.15) is 0 Å². The summed E-state index contributed by atoms with van der Waals surface area (Å²) in [6.07, 6.45) is 1.64. The maximum Gasteiger partial charge on any atom is 0.136 e. The van der Waals surface area contributed by atoms with E-state index in [9.17, 15) is 0 Å². The summed E-state index contributed by atoms with van der Waals surface area (Å²) in [5.41, 5.74) is 0.00137. The number of nitrogens with one attached hydrogen (secondary N) is 1. The predicted octanol–water partition coefficient (Wildman–Crippen LogP) is 2.87. The van der Waals surface area contributed by atoms with Crippen LogP contribution in [0.25, 0.3) is 0 Å². The first-order chi connectivity index (χ1) is 6.45. The van der Waals surface area contributed by atoms with Crippen molar-refractivity contribution in [3.8, 4) is 0 Å². The van der Waals surface area contributed by atoms with Crippen LogP contribution >= 0.6 is 12.2 Å². The molecule has 78 valence electrons. The minimum Gasteiger partial charge on any atom is -0.373 e. The summed E-state index contributed by atoms with van der Waals surface area (Å²) in [4.78, 5) is 7.27. The average Bonchev–Trinajstić information content (AvgIpc) is 2.02. The van der Waals surface area contributed by atoms with Gasteiger partial charge < -0.3 is 9.72 Å². The van der Waals surface area contributed by atoms with Crippen LogP contribution in [0, 0.1) is 10.1 Å². The van der Waals surface area contributed by atoms with E-state index in [-0.39, 0.29) is 11.5 Å². The average molecular weight is 212 g/mol. The van der Waals surface area contributed by atoms with Crippen LogP contribution in [0.5, 0.6) is 0 Å². The Bertz CT molecular complexity index is 354. The van der Waals surface area contributed by atoms with Crippen molar-refractivity contribution in [1.29, 1.82) is 0 Å². The van der Waals surface area contributed by atoms with E-state index in [2.05, 4.69) is 30.7 Å². The molecule has 0 aliphatic heterocycles. The summed E-state index contributed by atoms with van der Waals surface area (Å²) >= 11 is 5.04. The zero-order valence-corrected chi connectivity index (χ0v) is 9.81. The third-order valence-corrected chi connectivity index (χ3v) is 2.20. The van der Waals surface area contributed by atoms with Crippen LogP contribution < -0.4 is 0 Å². The van der Waals surface area contributed by atoms with Crippen LogP contribution in [0.2, 0.25) is 0 Å². The van der Waals surface area contributed by atoms with E-state index in [0.29, 0.717) is 4.64 Å². The third-order valence-electron chi connectivity index (χ3n) is 1.96. The van der Waals surface area contributed by atoms with E-state index in [1.165, 1.54) is 0 Å². The molecular formula is C10H16N2OS. The molecule has 4 heteroatoms. The second-order valence-electron chi connectivity index (χ2n) is 4.30. The number of ether oxygens (including phenoxy) is 1. The highest BCUT2D eigenvalue weighted by Crippen LogP contribution is 2.33. The molecule has 1 rings (SSSR count). The number of methoxy groups -OCH3 is 1. The minimum atomic E-state index is -0.0644. The Morgan fingerprint density at radius 1 is 1.50 bits per heavy atom. The molecule has 1 atom stereocenters. The maximum absolute atomic E-state index is 5.42. The largest absolute Gasteiger partial charge is 0.373 e. The molecule has 3 nitrogen and oxygen atoms in total. The van der Waals surface area contributed by atoms with Gasteiger partial charge in [-0.15, -0.1) is 0 Å². The van der Waals surface area contributed by atoms with Crippen molar-refractivity contribution < 1.29 is 4.74 Å². The van der Waals surface area contributed by atoms with E-state index >= 15 is 0 Å². The molecule has 0 amide bonds. The van der Waals surface area contributed by atoms with Gasteiger partial charge in [-0.1, -0.05) is 33.0 Å². The molecule has 0 radical (unpaired) electrons. The highest BCUT2D eigenvalue weighted by atomic mass is 32.1. The van der Waals surface area contributed by atoms with Crippen LogP contribution in [0.1, 0.15) is 32.7 Å². The highest BCUT2D eigenvalue weighted by Gasteiger charge is 2.27. The molecular weight excluding hydrogens is 196 g/mol. The van der Waals surface area contributed by atoms with Crippen molar-refractivity contribution in [2.24, 2.45) is 5.41 Å². The molecule has 0 bridgehead atoms. The lowest BCUT2D eigenvalue weighted by molar-refractivity contribution is 0.00857. The summed E-state index contributed by atoms with van der Waals surface area (Å²) in [6, 6.07) is 1.76. The normalized spacial score (nSPS) is 14.0. The van der Waals surface area contributed by atoms with Gasteiger partial charge in [0.1, 0.15) is 16.6 Å². The van der Waals surface area contributed by atoms with E-state index in [1.807, 2.05) is 0 Å². The molecule has 0 saturated heterocycles. The highest BCUT2D eigenvalue weighted by molar-refractivity contribution is 7.71. The zero-order chi connectivity index (χ0) is 10.8. The molecule has 0 spiro atoms. The Morgan fingerprint density at radius 3 is 2.57 bits per heavy atom. The summed E-state index contributed by atoms with van der Waals surface area (Å²) in [7, 11) is 1.68. The van der Waals surface area contributed by atoms with Gasteiger partial charge >= 0.3 is 0 Å². The van der Waals surface area contributed by atoms with Crippen molar-refractivity contribution in [1.82, 2.24) is 9.97 Å². The van der Waals surface area contributed by atoms with E-state index < -0.39 is 0 Å². The number of H-pyrrole nitrogens is 1. The quantitative estimate of drug-likeness (QED) is 0.766. The molecule has 0 aliphatic carbocycles. The number of rotatable bonds is 2. The van der Waals surface area contributed by atoms with Gasteiger partial charge in [0, 0.05) is 13.3 Å². The molecule has 0 fully saturated rings. The van der Waals surface area contributed by atoms with Crippen molar-refractivity contribution in [3.05, 3.63) is 22.7 Å². The summed E-state index contributed by atoms with van der Waals surface area (Å²) < 4.78 is 6.10. The van der Waals surface area contributed by atoms with Crippen LogP contribution in [0.15, 0.2) is 12.3 Å². The van der Waals surface area contributed by atoms with Crippen molar-refractivity contribution >= 4 is 12.2 Å². The van der Waals surface area contributed by atoms with Gasteiger partial charge in [0.05, 0.1) is 0 Å². The summed E-state index contributed by atoms with van der Waals surface area (Å²) in [5.74, 6) is 0.785. The molecule has 1 aromatic rings. The minimum absolute atomic E-state index is 0.00137. The monoisotopic (exact) mass is 212 g/mol. The van der Waals surface area contributed by atoms with Crippen LogP contribution in [-0.4, -0.2) is 17.1 Å². The molecule has 14 heavy (non-hydrogen) atoms. The topological polar surface area (TPSA) is 37.9 Å². The lowest BCUT2D eigenvalue weighted by Gasteiger charge is -2.28. The Morgan fingerprint density at radius 2 is 2.14 bits per heavy atom. The van der Waals surface area contributed by atoms with Crippen LogP contribution in [-0.2, 0) is 4.74 Å². The van der Waals surface area contributed by atoms with E-state index in [1.54, 1.807) is 19.4 Å². The van der Waals surface area contributed by atoms with Crippen LogP contribution in [0.4, 0.5) is 0 Å². The lowest BCUT2D eigenvalue weighted by Crippen LogP contribution is -2.22. The number of hydrogen-bond acceptors (Lipinski definition) is 3. The summed E-state index contributed by atoms with van der Waals surface area (Å²) in [5, 5.41) is 0. The predicted molar refractivity (Wildman–Crippen MR) is 58.6 cm³/mol. The third kappa shape index (κ3) is 2.62. The standard InChI is InChI=1S/C10H16N2OS/c1-10(2,3)8(13-4)9-11-6-5-7(14)12-9/h5-6,8H,1-4H3,(H,11,12,14). The number of nitrogens with zero attached hydrogens (tertiary/aromatic N) is 1. The molecule has 0 aliphatic rings. The fourth-order valence-electron chi connectivity index (χ4n) is 1.39. The van der Waals surface area contributed by atoms with E-state index in [4.69, 9.17) is 17.0 Å². The van der Waals surface area contributed by atoms with Gasteiger partial charge in [-0.05, 0) is 11.5 Å². The van der Waals surface area contributed by atoms with Crippen molar-refractivity contribution in [2.75, 3.05) is 7.11 Å². The fraction of sp³-hybridized carbons (Fsp3) is 0.600. The molecule has 1 unspecified atom stereocenters. The van der Waals surface area contributed by atoms with Gasteiger partial charge in [-0.3, -0.25) is 0 Å². The van der Waals surface area contributed by atoms with E-state index in [0.717, 1.165) is 5.82 Å². The fourth-order valence-corrected chi connectivity index (χ4v) is 1.56. The van der Waals surface area contributed by atoms with Gasteiger partial charge in [0.25, 0.3) is 0 Å². The first-order valence-corrected chi connectivity index (χ1v) is 4.94. The van der Waals surface area contributed by atoms with Gasteiger partial charge in [0.2, 0.25) is 0 Å². The zero-order valence-electron chi connectivity index (χ0n) is 9.00. The number of aromatic nitrogens is 2. The first kappa shape index (κ1) is 11.3. The number of hydrogen-bond donors (Lipinski definition) is 1. The Kier molecular flexibility index (Phi) is 3.39. The smallest absolute Gasteiger partial charge is 0.136 e. The molecule has 0 saturated carbocycles.